The summed E-state index contributed by atoms with van der Waals surface area (Å²) in [7, 11) is 2.00. The number of hydrogen-bond donors (Lipinski definition) is 1. The predicted molar refractivity (Wildman–Crippen MR) is 85.6 cm³/mol. The lowest BCUT2D eigenvalue weighted by molar-refractivity contribution is -0.0651. The van der Waals surface area contributed by atoms with E-state index in [9.17, 15) is 0 Å². The number of aryl methyl sites for hydroxylation is 1. The third kappa shape index (κ3) is 2.60. The lowest BCUT2D eigenvalue weighted by atomic mass is 9.90. The molecule has 1 heterocycles. The van der Waals surface area contributed by atoms with Crippen molar-refractivity contribution in [3.63, 3.8) is 0 Å². The molecule has 0 aliphatic heterocycles. The Morgan fingerprint density at radius 1 is 1.29 bits per heavy atom. The van der Waals surface area contributed by atoms with Crippen LogP contribution >= 0.6 is 0 Å². The number of nitrogens with one attached hydrogen (secondary N) is 1. The molecular formula is C18H25NO2. The van der Waals surface area contributed by atoms with Crippen molar-refractivity contribution >= 4 is 11.0 Å². The topological polar surface area (TPSA) is 34.4 Å². The van der Waals surface area contributed by atoms with Crippen molar-refractivity contribution in [3.8, 4) is 0 Å². The number of furan rings is 1. The molecule has 1 aliphatic carbocycles. The van der Waals surface area contributed by atoms with E-state index in [2.05, 4.69) is 43.4 Å². The maximum absolute atomic E-state index is 6.20. The molecule has 0 saturated heterocycles. The second-order valence-corrected chi connectivity index (χ2v) is 6.12. The van der Waals surface area contributed by atoms with Crippen LogP contribution in [0.15, 0.2) is 28.7 Å². The normalized spacial score (nSPS) is 19.2. The van der Waals surface area contributed by atoms with Gasteiger partial charge in [-0.3, -0.25) is 0 Å². The Bertz CT molecular complexity index is 611. The van der Waals surface area contributed by atoms with E-state index in [0.29, 0.717) is 0 Å². The van der Waals surface area contributed by atoms with Crippen molar-refractivity contribution in [1.82, 2.24) is 5.32 Å². The van der Waals surface area contributed by atoms with Gasteiger partial charge < -0.3 is 14.5 Å². The molecule has 0 radical (unpaired) electrons. The average Bonchev–Trinajstić information content (AvgIpc) is 3.07. The Kier molecular flexibility index (Phi) is 4.05. The predicted octanol–water partition coefficient (Wildman–Crippen LogP) is 4.35. The molecule has 1 fully saturated rings. The first-order valence-electron chi connectivity index (χ1n) is 8.00. The highest BCUT2D eigenvalue weighted by atomic mass is 16.5. The molecule has 1 unspecified atom stereocenters. The highest BCUT2D eigenvalue weighted by Gasteiger charge is 2.43. The van der Waals surface area contributed by atoms with E-state index in [1.54, 1.807) is 0 Å². The van der Waals surface area contributed by atoms with Gasteiger partial charge in [0.15, 0.2) is 0 Å². The zero-order chi connectivity index (χ0) is 14.9. The van der Waals surface area contributed by atoms with Crippen LogP contribution in [-0.4, -0.2) is 19.3 Å². The van der Waals surface area contributed by atoms with Crippen molar-refractivity contribution < 1.29 is 9.15 Å². The molecule has 114 valence electrons. The summed E-state index contributed by atoms with van der Waals surface area (Å²) in [6.45, 7) is 4.94. The van der Waals surface area contributed by atoms with Gasteiger partial charge in [0.2, 0.25) is 0 Å². The number of ether oxygens (including phenoxy) is 1. The molecule has 3 heteroatoms. The standard InChI is InChI=1S/C18H25NO2/c1-4-20-18(9-5-6-10-18)17(19-3)16-12-14-11-13(2)7-8-15(14)21-16/h7-8,11-12,17,19H,4-6,9-10H2,1-3H3. The van der Waals surface area contributed by atoms with Gasteiger partial charge >= 0.3 is 0 Å². The average molecular weight is 287 g/mol. The molecule has 0 amide bonds. The zero-order valence-corrected chi connectivity index (χ0v) is 13.2. The summed E-state index contributed by atoms with van der Waals surface area (Å²) in [4.78, 5) is 0. The Morgan fingerprint density at radius 3 is 2.71 bits per heavy atom. The molecule has 1 aromatic heterocycles. The summed E-state index contributed by atoms with van der Waals surface area (Å²) in [5, 5.41) is 4.62. The molecule has 1 aliphatic rings. The monoisotopic (exact) mass is 287 g/mol. The first-order chi connectivity index (χ1) is 10.2. The highest BCUT2D eigenvalue weighted by molar-refractivity contribution is 5.78. The SMILES string of the molecule is CCOC1(C(NC)c2cc3cc(C)ccc3o2)CCCC1. The first-order valence-corrected chi connectivity index (χ1v) is 8.00. The number of hydrogen-bond acceptors (Lipinski definition) is 3. The minimum atomic E-state index is -0.119. The van der Waals surface area contributed by atoms with Crippen LogP contribution in [0.1, 0.15) is 50.0 Å². The fourth-order valence-electron chi connectivity index (χ4n) is 3.77. The number of fused-ring (bicyclic) bond motifs is 1. The summed E-state index contributed by atoms with van der Waals surface area (Å²) < 4.78 is 12.3. The van der Waals surface area contributed by atoms with Gasteiger partial charge in [-0.05, 0) is 51.9 Å². The van der Waals surface area contributed by atoms with Crippen LogP contribution in [0, 0.1) is 6.92 Å². The molecule has 21 heavy (non-hydrogen) atoms. The maximum atomic E-state index is 6.20. The van der Waals surface area contributed by atoms with Crippen LogP contribution in [0.5, 0.6) is 0 Å². The Labute approximate surface area is 126 Å². The summed E-state index contributed by atoms with van der Waals surface area (Å²) in [6, 6.07) is 8.62. The van der Waals surface area contributed by atoms with Gasteiger partial charge in [-0.25, -0.2) is 0 Å². The molecule has 3 rings (SSSR count). The van der Waals surface area contributed by atoms with Gasteiger partial charge in [0.25, 0.3) is 0 Å². The van der Waals surface area contributed by atoms with E-state index in [1.165, 1.54) is 23.8 Å². The van der Waals surface area contributed by atoms with Crippen LogP contribution in [0.4, 0.5) is 0 Å². The van der Waals surface area contributed by atoms with Crippen molar-refractivity contribution in [2.75, 3.05) is 13.7 Å². The van der Waals surface area contributed by atoms with Crippen LogP contribution in [0.2, 0.25) is 0 Å². The van der Waals surface area contributed by atoms with Crippen LogP contribution < -0.4 is 5.32 Å². The quantitative estimate of drug-likeness (QED) is 0.887. The van der Waals surface area contributed by atoms with E-state index >= 15 is 0 Å². The van der Waals surface area contributed by atoms with Crippen LogP contribution in [-0.2, 0) is 4.74 Å². The van der Waals surface area contributed by atoms with E-state index < -0.39 is 0 Å². The summed E-state index contributed by atoms with van der Waals surface area (Å²) in [5.41, 5.74) is 2.10. The minimum absolute atomic E-state index is 0.118. The number of likely N-dealkylation sites (N-methyl/N-ethyl adjacent to an activating group) is 1. The van der Waals surface area contributed by atoms with E-state index in [4.69, 9.17) is 9.15 Å². The molecule has 1 N–H and O–H groups in total. The molecule has 1 saturated carbocycles. The highest BCUT2D eigenvalue weighted by Crippen LogP contribution is 2.44. The van der Waals surface area contributed by atoms with Crippen molar-refractivity contribution in [1.29, 1.82) is 0 Å². The Morgan fingerprint density at radius 2 is 2.05 bits per heavy atom. The smallest absolute Gasteiger partial charge is 0.134 e. The molecule has 2 aromatic rings. The largest absolute Gasteiger partial charge is 0.459 e. The zero-order valence-electron chi connectivity index (χ0n) is 13.2. The van der Waals surface area contributed by atoms with Crippen LogP contribution in [0.3, 0.4) is 0 Å². The molecule has 0 spiro atoms. The second kappa shape index (κ2) is 5.82. The van der Waals surface area contributed by atoms with E-state index in [-0.39, 0.29) is 11.6 Å². The lowest BCUT2D eigenvalue weighted by Crippen LogP contribution is -2.42. The third-order valence-electron chi connectivity index (χ3n) is 4.67. The van der Waals surface area contributed by atoms with Crippen molar-refractivity contribution in [2.24, 2.45) is 0 Å². The molecular weight excluding hydrogens is 262 g/mol. The fraction of sp³-hybridized carbons (Fsp3) is 0.556. The molecule has 0 bridgehead atoms. The molecule has 3 nitrogen and oxygen atoms in total. The van der Waals surface area contributed by atoms with Gasteiger partial charge in [-0.15, -0.1) is 0 Å². The van der Waals surface area contributed by atoms with Gasteiger partial charge in [0.05, 0.1) is 11.6 Å². The van der Waals surface area contributed by atoms with Gasteiger partial charge in [0.1, 0.15) is 11.3 Å². The van der Waals surface area contributed by atoms with Crippen molar-refractivity contribution in [3.05, 3.63) is 35.6 Å². The second-order valence-electron chi connectivity index (χ2n) is 6.12. The Balaban J connectivity index is 2.00. The van der Waals surface area contributed by atoms with Gasteiger partial charge in [-0.1, -0.05) is 24.5 Å². The van der Waals surface area contributed by atoms with Gasteiger partial charge in [0, 0.05) is 12.0 Å². The number of benzene rings is 1. The van der Waals surface area contributed by atoms with E-state index in [1.807, 2.05) is 7.05 Å². The van der Waals surface area contributed by atoms with Crippen molar-refractivity contribution in [2.45, 2.75) is 51.2 Å². The summed E-state index contributed by atoms with van der Waals surface area (Å²) >= 11 is 0. The Hall–Kier alpha value is -1.32. The fourth-order valence-corrected chi connectivity index (χ4v) is 3.77. The summed E-state index contributed by atoms with van der Waals surface area (Å²) in [5.74, 6) is 0.994. The molecule has 1 aromatic carbocycles. The van der Waals surface area contributed by atoms with Gasteiger partial charge in [-0.2, -0.15) is 0 Å². The first kappa shape index (κ1) is 14.6. The lowest BCUT2D eigenvalue weighted by Gasteiger charge is -2.36. The van der Waals surface area contributed by atoms with Crippen LogP contribution in [0.25, 0.3) is 11.0 Å². The summed E-state index contributed by atoms with van der Waals surface area (Å²) in [6.07, 6.45) is 4.67. The molecule has 1 atom stereocenters. The third-order valence-corrected chi connectivity index (χ3v) is 4.67. The number of rotatable bonds is 5. The minimum Gasteiger partial charge on any atom is -0.459 e. The van der Waals surface area contributed by atoms with E-state index in [0.717, 1.165) is 30.8 Å². The maximum Gasteiger partial charge on any atom is 0.134 e.